The molecule has 4 aromatic rings. The van der Waals surface area contributed by atoms with E-state index in [2.05, 4.69) is 62.0 Å². The van der Waals surface area contributed by atoms with Gasteiger partial charge in [0.1, 0.15) is 11.6 Å². The number of hydroxylamine groups is 1. The van der Waals surface area contributed by atoms with Crippen LogP contribution in [0.5, 0.6) is 0 Å². The van der Waals surface area contributed by atoms with Crippen LogP contribution in [-0.4, -0.2) is 104 Å². The summed E-state index contributed by atoms with van der Waals surface area (Å²) in [6.07, 6.45) is 5.97. The Morgan fingerprint density at radius 3 is 1.43 bits per heavy atom. The second-order valence-corrected chi connectivity index (χ2v) is 16.4. The lowest BCUT2D eigenvalue weighted by molar-refractivity contribution is -0.134. The maximum Gasteiger partial charge on any atom is 0.330 e. The lowest BCUT2D eigenvalue weighted by Crippen LogP contribution is -2.35. The highest BCUT2D eigenvalue weighted by molar-refractivity contribution is 5.92. The van der Waals surface area contributed by atoms with Crippen LogP contribution in [0.15, 0.2) is 48.6 Å². The van der Waals surface area contributed by atoms with Crippen molar-refractivity contribution in [1.29, 1.82) is 0 Å². The van der Waals surface area contributed by atoms with Crippen LogP contribution in [-0.2, 0) is 50.1 Å². The fourth-order valence-corrected chi connectivity index (χ4v) is 6.22. The number of nitrogens with one attached hydrogen (secondary N) is 3. The Morgan fingerprint density at radius 2 is 1.08 bits per heavy atom. The van der Waals surface area contributed by atoms with E-state index in [1.807, 2.05) is 77.9 Å². The van der Waals surface area contributed by atoms with Crippen molar-refractivity contribution in [2.45, 2.75) is 95.4 Å². The molecule has 60 heavy (non-hydrogen) atoms. The van der Waals surface area contributed by atoms with Gasteiger partial charge < -0.3 is 34.3 Å². The molecule has 0 aliphatic carbocycles. The van der Waals surface area contributed by atoms with Gasteiger partial charge in [-0.1, -0.05) is 81.4 Å². The number of carbonyl (C=O) groups excluding carboxylic acids is 4. The summed E-state index contributed by atoms with van der Waals surface area (Å²) < 4.78 is 8.96. The zero-order valence-electron chi connectivity index (χ0n) is 37.5. The van der Waals surface area contributed by atoms with Crippen molar-refractivity contribution >= 4 is 57.9 Å². The Bertz CT molecular complexity index is 1960. The van der Waals surface area contributed by atoms with Gasteiger partial charge in [-0.15, -0.1) is 0 Å². The summed E-state index contributed by atoms with van der Waals surface area (Å²) >= 11 is 0. The topological polar surface area (TPSA) is 176 Å². The first-order valence-corrected chi connectivity index (χ1v) is 20.8. The number of fused-ring (bicyclic) bond motifs is 2. The molecule has 15 nitrogen and oxygen atoms in total. The Hall–Kier alpha value is -5.38. The lowest BCUT2D eigenvalue weighted by atomic mass is 9.96. The highest BCUT2D eigenvalue weighted by Gasteiger charge is 2.23. The molecule has 3 amide bonds. The molecule has 0 bridgehead atoms. The molecular formula is C45H67N9O6. The number of hydrogen-bond acceptors (Lipinski definition) is 10. The number of ether oxygens (including phenoxy) is 1. The monoisotopic (exact) mass is 830 g/mol. The van der Waals surface area contributed by atoms with Crippen LogP contribution in [0.4, 0.5) is 0 Å². The second-order valence-electron chi connectivity index (χ2n) is 16.4. The van der Waals surface area contributed by atoms with Gasteiger partial charge in [-0.2, -0.15) is 0 Å². The zero-order valence-corrected chi connectivity index (χ0v) is 37.5. The van der Waals surface area contributed by atoms with Gasteiger partial charge in [0.25, 0.3) is 5.91 Å². The number of likely N-dealkylation sites (N-methyl/N-ethyl adjacent to an activating group) is 2. The molecule has 0 atom stereocenters. The maximum absolute atomic E-state index is 12.3. The quantitative estimate of drug-likeness (QED) is 0.0416. The van der Waals surface area contributed by atoms with Gasteiger partial charge in [-0.25, -0.2) is 20.2 Å². The molecular weight excluding hydrogens is 763 g/mol. The van der Waals surface area contributed by atoms with E-state index in [-0.39, 0.29) is 11.8 Å². The first-order valence-electron chi connectivity index (χ1n) is 20.8. The maximum atomic E-state index is 12.3. The van der Waals surface area contributed by atoms with Crippen LogP contribution in [0.3, 0.4) is 0 Å². The van der Waals surface area contributed by atoms with Crippen molar-refractivity contribution in [3.8, 4) is 0 Å². The average Bonchev–Trinajstić information content (AvgIpc) is 3.76. The molecule has 15 heteroatoms. The smallest absolute Gasteiger partial charge is 0.330 e. The van der Waals surface area contributed by atoms with Crippen molar-refractivity contribution in [2.24, 2.45) is 10.8 Å². The minimum absolute atomic E-state index is 0.00782. The Morgan fingerprint density at radius 1 is 0.683 bits per heavy atom. The number of rotatable bonds is 18. The zero-order chi connectivity index (χ0) is 44.6. The summed E-state index contributed by atoms with van der Waals surface area (Å²) in [5, 5.41) is 14.6. The van der Waals surface area contributed by atoms with E-state index < -0.39 is 22.7 Å². The van der Waals surface area contributed by atoms with E-state index in [1.165, 1.54) is 19.3 Å². The normalized spacial score (nSPS) is 12.1. The third-order valence-electron chi connectivity index (χ3n) is 10.1. The summed E-state index contributed by atoms with van der Waals surface area (Å²) in [5.74, 6) is 0.596. The first-order chi connectivity index (χ1) is 28.4. The molecule has 328 valence electrons. The molecule has 0 saturated heterocycles. The van der Waals surface area contributed by atoms with Gasteiger partial charge in [-0.3, -0.25) is 19.6 Å². The molecule has 0 aliphatic heterocycles. The molecule has 2 heterocycles. The number of hydrogen-bond donors (Lipinski definition) is 4. The van der Waals surface area contributed by atoms with Crippen molar-refractivity contribution in [1.82, 2.24) is 45.0 Å². The van der Waals surface area contributed by atoms with E-state index in [4.69, 9.17) is 15.2 Å². The number of aromatic nitrogens is 4. The number of esters is 1. The van der Waals surface area contributed by atoms with E-state index >= 15 is 0 Å². The highest BCUT2D eigenvalue weighted by atomic mass is 16.5. The predicted octanol–water partition coefficient (Wildman–Crippen LogP) is 5.79. The SMILES string of the molecule is CCN(CC)CCn1c(CNC(=O)C(C)(C)C)nc2cc(/C=C/C(=O)NO)ccc21.CCN(CC)CCn1c(CNC(=O)C(C)(C)C)nc2cc(/C=C/C(=O)OC)ccc21. The van der Waals surface area contributed by atoms with Gasteiger partial charge >= 0.3 is 5.97 Å². The third kappa shape index (κ3) is 14.4. The summed E-state index contributed by atoms with van der Waals surface area (Å²) in [6, 6.07) is 11.7. The van der Waals surface area contributed by atoms with Crippen molar-refractivity contribution < 1.29 is 29.1 Å². The van der Waals surface area contributed by atoms with Crippen molar-refractivity contribution in [2.75, 3.05) is 46.4 Å². The van der Waals surface area contributed by atoms with Crippen LogP contribution >= 0.6 is 0 Å². The Labute approximate surface area is 355 Å². The highest BCUT2D eigenvalue weighted by Crippen LogP contribution is 2.22. The number of methoxy groups -OCH3 is 1. The second kappa shape index (κ2) is 22.8. The molecule has 2 aromatic heterocycles. The average molecular weight is 830 g/mol. The first kappa shape index (κ1) is 49.0. The fourth-order valence-electron chi connectivity index (χ4n) is 6.22. The van der Waals surface area contributed by atoms with Gasteiger partial charge in [0.15, 0.2) is 0 Å². The predicted molar refractivity (Wildman–Crippen MR) is 238 cm³/mol. The standard InChI is InChI=1S/C23H34N4O3.C22H33N5O3/c1-7-26(8-2)13-14-27-19-11-9-17(10-12-21(28)30-6)15-18(19)25-20(27)16-24-22(29)23(3,4)5;1-6-26(7-2)12-13-27-18-10-8-16(9-11-20(28)25-30)14-17(18)24-19(27)15-23-21(29)22(3,4)5/h9-12,15H,7-8,13-14,16H2,1-6H3,(H,24,29);8-11,14,30H,6-7,12-13,15H2,1-5H3,(H,23,29)(H,25,28)/b12-10+;11-9+. The fraction of sp³-hybridized carbons (Fsp3) is 0.511. The van der Waals surface area contributed by atoms with Gasteiger partial charge in [-0.05, 0) is 73.7 Å². The van der Waals surface area contributed by atoms with Crippen LogP contribution in [0, 0.1) is 10.8 Å². The number of imidazole rings is 2. The molecule has 0 fully saturated rings. The van der Waals surface area contributed by atoms with Crippen LogP contribution in [0.1, 0.15) is 92.0 Å². The lowest BCUT2D eigenvalue weighted by Gasteiger charge is -2.20. The van der Waals surface area contributed by atoms with Crippen LogP contribution in [0.2, 0.25) is 0 Å². The molecule has 2 aromatic carbocycles. The minimum atomic E-state index is -0.592. The summed E-state index contributed by atoms with van der Waals surface area (Å²) in [6.45, 7) is 27.9. The van der Waals surface area contributed by atoms with E-state index in [9.17, 15) is 19.2 Å². The van der Waals surface area contributed by atoms with E-state index in [0.29, 0.717) is 13.1 Å². The summed E-state index contributed by atoms with van der Waals surface area (Å²) in [7, 11) is 1.35. The van der Waals surface area contributed by atoms with Gasteiger partial charge in [0, 0.05) is 49.2 Å². The summed E-state index contributed by atoms with van der Waals surface area (Å²) in [4.78, 5) is 61.5. The minimum Gasteiger partial charge on any atom is -0.466 e. The van der Waals surface area contributed by atoms with Crippen molar-refractivity contribution in [3.63, 3.8) is 0 Å². The number of nitrogens with zero attached hydrogens (tertiary/aromatic N) is 6. The van der Waals surface area contributed by atoms with E-state index in [0.717, 1.165) is 97.2 Å². The van der Waals surface area contributed by atoms with Crippen molar-refractivity contribution in [3.05, 3.63) is 71.3 Å². The van der Waals surface area contributed by atoms with Gasteiger partial charge in [0.2, 0.25) is 11.8 Å². The third-order valence-corrected chi connectivity index (χ3v) is 10.1. The molecule has 0 unspecified atom stereocenters. The molecule has 4 rings (SSSR count). The number of amides is 3. The molecule has 0 radical (unpaired) electrons. The Kier molecular flexibility index (Phi) is 18.6. The van der Waals surface area contributed by atoms with Crippen LogP contribution < -0.4 is 16.1 Å². The number of benzene rings is 2. The summed E-state index contributed by atoms with van der Waals surface area (Å²) in [5.41, 5.74) is 5.93. The molecule has 0 spiro atoms. The molecule has 0 aliphatic rings. The largest absolute Gasteiger partial charge is 0.466 e. The van der Waals surface area contributed by atoms with Crippen LogP contribution in [0.25, 0.3) is 34.2 Å². The number of carbonyl (C=O) groups is 4. The molecule has 4 N–H and O–H groups in total. The van der Waals surface area contributed by atoms with Gasteiger partial charge in [0.05, 0.1) is 42.3 Å². The Balaban J connectivity index is 0.000000320. The van der Waals surface area contributed by atoms with E-state index in [1.54, 1.807) is 17.6 Å². The molecule has 0 saturated carbocycles.